The molecule has 1 aromatic heterocycles. The standard InChI is InChI=1S/C15H19NS/c1-2-12-5-7-13(8-6-12)14(9-10-16)15-4-3-11-17-15/h3-8,11,14H,2,9-10,16H2,1H3. The Morgan fingerprint density at radius 1 is 1.18 bits per heavy atom. The zero-order chi connectivity index (χ0) is 12.1. The first kappa shape index (κ1) is 12.3. The first-order chi connectivity index (χ1) is 8.35. The van der Waals surface area contributed by atoms with Gasteiger partial charge in [0.15, 0.2) is 0 Å². The Bertz CT molecular complexity index is 430. The molecule has 2 heteroatoms. The molecule has 0 aliphatic rings. The van der Waals surface area contributed by atoms with E-state index in [0.29, 0.717) is 5.92 Å². The number of hydrogen-bond donors (Lipinski definition) is 1. The van der Waals surface area contributed by atoms with Crippen LogP contribution in [0.2, 0.25) is 0 Å². The van der Waals surface area contributed by atoms with Crippen LogP contribution in [0.15, 0.2) is 41.8 Å². The van der Waals surface area contributed by atoms with Gasteiger partial charge in [-0.25, -0.2) is 0 Å². The van der Waals surface area contributed by atoms with Crippen LogP contribution in [-0.4, -0.2) is 6.54 Å². The fourth-order valence-electron chi connectivity index (χ4n) is 2.12. The molecule has 17 heavy (non-hydrogen) atoms. The molecular formula is C15H19NS. The molecular weight excluding hydrogens is 226 g/mol. The molecule has 0 aliphatic heterocycles. The van der Waals surface area contributed by atoms with Gasteiger partial charge in [-0.3, -0.25) is 0 Å². The zero-order valence-electron chi connectivity index (χ0n) is 10.2. The van der Waals surface area contributed by atoms with Gasteiger partial charge in [-0.1, -0.05) is 37.3 Å². The lowest BCUT2D eigenvalue weighted by molar-refractivity contribution is 0.737. The molecule has 0 fully saturated rings. The monoisotopic (exact) mass is 245 g/mol. The normalized spacial score (nSPS) is 12.6. The lowest BCUT2D eigenvalue weighted by Gasteiger charge is -2.15. The van der Waals surface area contributed by atoms with Crippen LogP contribution in [0.5, 0.6) is 0 Å². The highest BCUT2D eigenvalue weighted by molar-refractivity contribution is 7.10. The van der Waals surface area contributed by atoms with Crippen molar-refractivity contribution in [1.82, 2.24) is 0 Å². The molecule has 0 amide bonds. The molecule has 0 bridgehead atoms. The molecule has 2 N–H and O–H groups in total. The zero-order valence-corrected chi connectivity index (χ0v) is 11.0. The van der Waals surface area contributed by atoms with Crippen LogP contribution in [-0.2, 0) is 6.42 Å². The third-order valence-corrected chi connectivity index (χ3v) is 4.12. The van der Waals surface area contributed by atoms with Gasteiger partial charge in [0.05, 0.1) is 0 Å². The lowest BCUT2D eigenvalue weighted by Crippen LogP contribution is -2.07. The van der Waals surface area contributed by atoms with Crippen molar-refractivity contribution in [2.45, 2.75) is 25.7 Å². The summed E-state index contributed by atoms with van der Waals surface area (Å²) >= 11 is 1.82. The molecule has 1 aromatic carbocycles. The smallest absolute Gasteiger partial charge is 0.0195 e. The largest absolute Gasteiger partial charge is 0.330 e. The number of thiophene rings is 1. The second-order valence-corrected chi connectivity index (χ2v) is 5.22. The maximum atomic E-state index is 5.73. The van der Waals surface area contributed by atoms with Crippen molar-refractivity contribution >= 4 is 11.3 Å². The molecule has 0 saturated heterocycles. The molecule has 0 saturated carbocycles. The van der Waals surface area contributed by atoms with Crippen molar-refractivity contribution in [3.8, 4) is 0 Å². The van der Waals surface area contributed by atoms with Gasteiger partial charge in [0.25, 0.3) is 0 Å². The minimum atomic E-state index is 0.464. The average Bonchev–Trinajstić information content (AvgIpc) is 2.90. The number of benzene rings is 1. The van der Waals surface area contributed by atoms with Crippen LogP contribution in [0.4, 0.5) is 0 Å². The molecule has 1 unspecified atom stereocenters. The molecule has 0 aliphatic carbocycles. The van der Waals surface area contributed by atoms with E-state index in [1.807, 2.05) is 11.3 Å². The summed E-state index contributed by atoms with van der Waals surface area (Å²) in [5.74, 6) is 0.464. The van der Waals surface area contributed by atoms with Gasteiger partial charge < -0.3 is 5.73 Å². The van der Waals surface area contributed by atoms with E-state index in [9.17, 15) is 0 Å². The topological polar surface area (TPSA) is 26.0 Å². The number of nitrogens with two attached hydrogens (primary N) is 1. The molecule has 0 spiro atoms. The Morgan fingerprint density at radius 3 is 2.47 bits per heavy atom. The second kappa shape index (κ2) is 5.99. The van der Waals surface area contributed by atoms with E-state index in [0.717, 1.165) is 19.4 Å². The van der Waals surface area contributed by atoms with Crippen LogP contribution in [0, 0.1) is 0 Å². The third kappa shape index (κ3) is 2.96. The highest BCUT2D eigenvalue weighted by Crippen LogP contribution is 2.30. The van der Waals surface area contributed by atoms with E-state index >= 15 is 0 Å². The van der Waals surface area contributed by atoms with Gasteiger partial charge in [0.1, 0.15) is 0 Å². The molecule has 90 valence electrons. The maximum absolute atomic E-state index is 5.73. The summed E-state index contributed by atoms with van der Waals surface area (Å²) in [6.07, 6.45) is 2.12. The molecule has 1 atom stereocenters. The molecule has 2 aromatic rings. The summed E-state index contributed by atoms with van der Waals surface area (Å²) in [4.78, 5) is 1.42. The summed E-state index contributed by atoms with van der Waals surface area (Å²) in [5.41, 5.74) is 8.51. The van der Waals surface area contributed by atoms with E-state index in [2.05, 4.69) is 48.7 Å². The molecule has 0 radical (unpaired) electrons. The maximum Gasteiger partial charge on any atom is 0.0195 e. The van der Waals surface area contributed by atoms with Gasteiger partial charge >= 0.3 is 0 Å². The van der Waals surface area contributed by atoms with Gasteiger partial charge in [-0.2, -0.15) is 0 Å². The minimum absolute atomic E-state index is 0.464. The molecule has 2 rings (SSSR count). The SMILES string of the molecule is CCc1ccc(C(CCN)c2cccs2)cc1. The average molecular weight is 245 g/mol. The summed E-state index contributed by atoms with van der Waals surface area (Å²) in [7, 11) is 0. The lowest BCUT2D eigenvalue weighted by atomic mass is 9.93. The van der Waals surface area contributed by atoms with Crippen molar-refractivity contribution in [2.24, 2.45) is 5.73 Å². The molecule has 1 nitrogen and oxygen atoms in total. The fourth-order valence-corrected chi connectivity index (χ4v) is 3.00. The van der Waals surface area contributed by atoms with Crippen LogP contribution >= 0.6 is 11.3 Å². The summed E-state index contributed by atoms with van der Waals surface area (Å²) in [6.45, 7) is 2.92. The number of aryl methyl sites for hydroxylation is 1. The Kier molecular flexibility index (Phi) is 4.35. The predicted octanol–water partition coefficient (Wildman–Crippen LogP) is 3.79. The van der Waals surface area contributed by atoms with Crippen molar-refractivity contribution in [1.29, 1.82) is 0 Å². The van der Waals surface area contributed by atoms with Gasteiger partial charge in [0, 0.05) is 10.8 Å². The predicted molar refractivity (Wildman–Crippen MR) is 75.7 cm³/mol. The highest BCUT2D eigenvalue weighted by atomic mass is 32.1. The Labute approximate surface area is 107 Å². The van der Waals surface area contributed by atoms with Crippen LogP contribution in [0.25, 0.3) is 0 Å². The Balaban J connectivity index is 2.26. The van der Waals surface area contributed by atoms with Gasteiger partial charge in [-0.05, 0) is 42.0 Å². The Hall–Kier alpha value is -1.12. The van der Waals surface area contributed by atoms with Crippen molar-refractivity contribution in [2.75, 3.05) is 6.54 Å². The van der Waals surface area contributed by atoms with Crippen LogP contribution in [0.3, 0.4) is 0 Å². The third-order valence-electron chi connectivity index (χ3n) is 3.13. The fraction of sp³-hybridized carbons (Fsp3) is 0.333. The van der Waals surface area contributed by atoms with Gasteiger partial charge in [0.2, 0.25) is 0 Å². The van der Waals surface area contributed by atoms with E-state index in [1.54, 1.807) is 0 Å². The first-order valence-corrected chi connectivity index (χ1v) is 7.05. The summed E-state index contributed by atoms with van der Waals surface area (Å²) in [5, 5.41) is 2.14. The summed E-state index contributed by atoms with van der Waals surface area (Å²) < 4.78 is 0. The molecule has 1 heterocycles. The van der Waals surface area contributed by atoms with Crippen LogP contribution < -0.4 is 5.73 Å². The van der Waals surface area contributed by atoms with Crippen LogP contribution in [0.1, 0.15) is 35.3 Å². The van der Waals surface area contributed by atoms with E-state index in [-0.39, 0.29) is 0 Å². The second-order valence-electron chi connectivity index (χ2n) is 4.24. The van der Waals surface area contributed by atoms with E-state index in [1.165, 1.54) is 16.0 Å². The van der Waals surface area contributed by atoms with E-state index < -0.39 is 0 Å². The first-order valence-electron chi connectivity index (χ1n) is 6.17. The quantitative estimate of drug-likeness (QED) is 0.852. The minimum Gasteiger partial charge on any atom is -0.330 e. The Morgan fingerprint density at radius 2 is 1.94 bits per heavy atom. The highest BCUT2D eigenvalue weighted by Gasteiger charge is 2.13. The number of rotatable bonds is 5. The van der Waals surface area contributed by atoms with Crippen molar-refractivity contribution < 1.29 is 0 Å². The number of hydrogen-bond acceptors (Lipinski definition) is 2. The summed E-state index contributed by atoms with van der Waals surface area (Å²) in [6, 6.07) is 13.3. The van der Waals surface area contributed by atoms with Gasteiger partial charge in [-0.15, -0.1) is 11.3 Å². The van der Waals surface area contributed by atoms with E-state index in [4.69, 9.17) is 5.73 Å². The van der Waals surface area contributed by atoms with Crippen molar-refractivity contribution in [3.05, 3.63) is 57.8 Å². The van der Waals surface area contributed by atoms with Crippen molar-refractivity contribution in [3.63, 3.8) is 0 Å².